The van der Waals surface area contributed by atoms with E-state index in [-0.39, 0.29) is 11.5 Å². The Kier molecular flexibility index (Phi) is 8.14. The van der Waals surface area contributed by atoms with Crippen LogP contribution in [-0.2, 0) is 4.74 Å². The molecule has 1 saturated heterocycles. The smallest absolute Gasteiger partial charge is 0.257 e. The molecular weight excluding hydrogens is 492 g/mol. The Morgan fingerprint density at radius 3 is 2.67 bits per heavy atom. The zero-order valence-corrected chi connectivity index (χ0v) is 22.8. The number of carbonyl (C=O) groups excluding carboxylic acids is 1. The second-order valence-electron chi connectivity index (χ2n) is 10.2. The van der Waals surface area contributed by atoms with Crippen molar-refractivity contribution in [2.24, 2.45) is 0 Å². The minimum Gasteiger partial charge on any atom is -0.496 e. The predicted octanol–water partition coefficient (Wildman–Crippen LogP) is 4.77. The summed E-state index contributed by atoms with van der Waals surface area (Å²) in [7, 11) is 1.65. The minimum absolute atomic E-state index is 0.118. The van der Waals surface area contributed by atoms with E-state index < -0.39 is 0 Å². The Bertz CT molecular complexity index is 1510. The van der Waals surface area contributed by atoms with Gasteiger partial charge in [0.1, 0.15) is 5.75 Å². The summed E-state index contributed by atoms with van der Waals surface area (Å²) in [5.41, 5.74) is 5.29. The van der Waals surface area contributed by atoms with E-state index >= 15 is 0 Å². The lowest BCUT2D eigenvalue weighted by Gasteiger charge is -2.26. The van der Waals surface area contributed by atoms with Crippen molar-refractivity contribution in [2.75, 3.05) is 46.5 Å². The van der Waals surface area contributed by atoms with E-state index in [1.807, 2.05) is 30.3 Å². The molecule has 1 aliphatic rings. The number of methoxy groups -OCH3 is 1. The number of hydrogen-bond donors (Lipinski definition) is 3. The maximum absolute atomic E-state index is 13.2. The molecule has 5 rings (SSSR count). The Morgan fingerprint density at radius 1 is 1.10 bits per heavy atom. The lowest BCUT2D eigenvalue weighted by Crippen LogP contribution is -2.38. The largest absolute Gasteiger partial charge is 0.496 e. The van der Waals surface area contributed by atoms with Crippen LogP contribution >= 0.6 is 0 Å². The highest BCUT2D eigenvalue weighted by Crippen LogP contribution is 2.43. The molecule has 1 amide bonds. The molecule has 0 saturated carbocycles. The number of aromatic nitrogens is 2. The van der Waals surface area contributed by atoms with Crippen LogP contribution in [0.15, 0.2) is 59.5 Å². The van der Waals surface area contributed by atoms with Gasteiger partial charge in [0, 0.05) is 53.4 Å². The molecule has 2 aromatic heterocycles. The van der Waals surface area contributed by atoms with Gasteiger partial charge >= 0.3 is 0 Å². The lowest BCUT2D eigenvalue weighted by molar-refractivity contribution is 0.0374. The summed E-state index contributed by atoms with van der Waals surface area (Å²) in [6.45, 7) is 9.25. The maximum atomic E-state index is 13.2. The summed E-state index contributed by atoms with van der Waals surface area (Å²) in [4.78, 5) is 34.6. The standard InChI is InChI=1S/C31H36N4O4/c1-20(2)21-8-10-27(38-3)25(18-21)28-24-19-22(30(36)32-12-5-13-35-14-16-39-17-15-35)7-9-26(24)34-29(28)23-6-4-11-33-31(23)37/h4,6-11,18-20,34H,5,12-17H2,1-3H3,(H,32,36)(H,33,37). The molecule has 0 spiro atoms. The van der Waals surface area contributed by atoms with E-state index in [9.17, 15) is 9.59 Å². The minimum atomic E-state index is -0.192. The van der Waals surface area contributed by atoms with Gasteiger partial charge in [0.2, 0.25) is 0 Å². The molecule has 0 atom stereocenters. The number of hydrogen-bond acceptors (Lipinski definition) is 5. The molecule has 3 heterocycles. The van der Waals surface area contributed by atoms with Crippen LogP contribution in [0.25, 0.3) is 33.3 Å². The monoisotopic (exact) mass is 528 g/mol. The van der Waals surface area contributed by atoms with E-state index in [1.165, 1.54) is 0 Å². The van der Waals surface area contributed by atoms with Crippen molar-refractivity contribution in [1.82, 2.24) is 20.2 Å². The Hall–Kier alpha value is -3.88. The molecule has 8 nitrogen and oxygen atoms in total. The first-order chi connectivity index (χ1) is 19.0. The van der Waals surface area contributed by atoms with E-state index in [0.29, 0.717) is 35.0 Å². The molecule has 1 aliphatic heterocycles. The second-order valence-corrected chi connectivity index (χ2v) is 10.2. The summed E-state index contributed by atoms with van der Waals surface area (Å²) in [5.74, 6) is 0.891. The molecule has 39 heavy (non-hydrogen) atoms. The summed E-state index contributed by atoms with van der Waals surface area (Å²) in [5, 5.41) is 3.92. The number of amides is 1. The fourth-order valence-electron chi connectivity index (χ4n) is 5.14. The average Bonchev–Trinajstić information content (AvgIpc) is 3.34. The molecule has 1 fully saturated rings. The summed E-state index contributed by atoms with van der Waals surface area (Å²) in [6.07, 6.45) is 2.50. The summed E-state index contributed by atoms with van der Waals surface area (Å²) < 4.78 is 11.2. The van der Waals surface area contributed by atoms with Gasteiger partial charge in [0.25, 0.3) is 11.5 Å². The van der Waals surface area contributed by atoms with Gasteiger partial charge in [-0.1, -0.05) is 19.9 Å². The number of morpholine rings is 1. The van der Waals surface area contributed by atoms with Crippen molar-refractivity contribution < 1.29 is 14.3 Å². The zero-order valence-electron chi connectivity index (χ0n) is 22.8. The highest BCUT2D eigenvalue weighted by molar-refractivity contribution is 6.08. The Balaban J connectivity index is 1.52. The Labute approximate surface area is 228 Å². The van der Waals surface area contributed by atoms with Crippen molar-refractivity contribution >= 4 is 16.8 Å². The molecule has 3 N–H and O–H groups in total. The number of pyridine rings is 1. The van der Waals surface area contributed by atoms with Crippen LogP contribution in [0, 0.1) is 0 Å². The third kappa shape index (κ3) is 5.77. The van der Waals surface area contributed by atoms with Crippen molar-refractivity contribution in [3.63, 3.8) is 0 Å². The fraction of sp³-hybridized carbons (Fsp3) is 0.355. The van der Waals surface area contributed by atoms with Crippen LogP contribution in [-0.4, -0.2) is 67.3 Å². The van der Waals surface area contributed by atoms with Crippen molar-refractivity contribution in [3.8, 4) is 28.1 Å². The van der Waals surface area contributed by atoms with Crippen molar-refractivity contribution in [3.05, 3.63) is 76.2 Å². The van der Waals surface area contributed by atoms with E-state index in [0.717, 1.165) is 66.9 Å². The van der Waals surface area contributed by atoms with Gasteiger partial charge < -0.3 is 24.8 Å². The number of rotatable bonds is 9. The molecule has 204 valence electrons. The van der Waals surface area contributed by atoms with Crippen LogP contribution in [0.4, 0.5) is 0 Å². The third-order valence-corrected chi connectivity index (χ3v) is 7.35. The molecule has 0 radical (unpaired) electrons. The first kappa shape index (κ1) is 26.7. The van der Waals surface area contributed by atoms with Gasteiger partial charge in [-0.15, -0.1) is 0 Å². The van der Waals surface area contributed by atoms with Crippen LogP contribution < -0.4 is 15.6 Å². The lowest BCUT2D eigenvalue weighted by atomic mass is 9.93. The number of ether oxygens (including phenoxy) is 2. The normalized spacial score (nSPS) is 14.2. The number of nitrogens with zero attached hydrogens (tertiary/aromatic N) is 1. The Morgan fingerprint density at radius 2 is 1.92 bits per heavy atom. The van der Waals surface area contributed by atoms with Crippen LogP contribution in [0.1, 0.15) is 42.1 Å². The second kappa shape index (κ2) is 11.9. The SMILES string of the molecule is COc1ccc(C(C)C)cc1-c1c(-c2ccc[nH]c2=O)[nH]c2ccc(C(=O)NCCCN3CCOCC3)cc12. The van der Waals surface area contributed by atoms with E-state index in [4.69, 9.17) is 9.47 Å². The molecule has 0 bridgehead atoms. The number of benzene rings is 2. The molecule has 4 aromatic rings. The maximum Gasteiger partial charge on any atom is 0.257 e. The van der Waals surface area contributed by atoms with Gasteiger partial charge in [-0.3, -0.25) is 14.5 Å². The van der Waals surface area contributed by atoms with E-state index in [2.05, 4.69) is 46.2 Å². The number of aromatic amines is 2. The molecule has 2 aromatic carbocycles. The van der Waals surface area contributed by atoms with Crippen LogP contribution in [0.2, 0.25) is 0 Å². The molecule has 0 unspecified atom stereocenters. The zero-order chi connectivity index (χ0) is 27.4. The van der Waals surface area contributed by atoms with Crippen molar-refractivity contribution in [1.29, 1.82) is 0 Å². The molecule has 0 aliphatic carbocycles. The third-order valence-electron chi connectivity index (χ3n) is 7.35. The van der Waals surface area contributed by atoms with Gasteiger partial charge in [0.15, 0.2) is 0 Å². The topological polar surface area (TPSA) is 99.5 Å². The first-order valence-electron chi connectivity index (χ1n) is 13.6. The molecular formula is C31H36N4O4. The van der Waals surface area contributed by atoms with Crippen LogP contribution in [0.3, 0.4) is 0 Å². The number of H-pyrrole nitrogens is 2. The summed E-state index contributed by atoms with van der Waals surface area (Å²) >= 11 is 0. The van der Waals surface area contributed by atoms with Gasteiger partial charge in [-0.2, -0.15) is 0 Å². The number of fused-ring (bicyclic) bond motifs is 1. The van der Waals surface area contributed by atoms with Crippen molar-refractivity contribution in [2.45, 2.75) is 26.2 Å². The predicted molar refractivity (Wildman–Crippen MR) is 155 cm³/mol. The first-order valence-corrected chi connectivity index (χ1v) is 13.6. The fourth-order valence-corrected chi connectivity index (χ4v) is 5.14. The number of carbonyl (C=O) groups is 1. The van der Waals surface area contributed by atoms with Gasteiger partial charge in [-0.25, -0.2) is 0 Å². The highest BCUT2D eigenvalue weighted by atomic mass is 16.5. The summed E-state index contributed by atoms with van der Waals surface area (Å²) in [6, 6.07) is 15.4. The van der Waals surface area contributed by atoms with Gasteiger partial charge in [-0.05, 0) is 66.9 Å². The van der Waals surface area contributed by atoms with Crippen LogP contribution in [0.5, 0.6) is 5.75 Å². The quantitative estimate of drug-likeness (QED) is 0.272. The van der Waals surface area contributed by atoms with E-state index in [1.54, 1.807) is 19.4 Å². The molecule has 8 heteroatoms. The number of nitrogens with one attached hydrogen (secondary N) is 3. The average molecular weight is 529 g/mol. The highest BCUT2D eigenvalue weighted by Gasteiger charge is 2.22. The van der Waals surface area contributed by atoms with Gasteiger partial charge in [0.05, 0.1) is 31.6 Å².